The molecule has 4 rings (SSSR count). The molecule has 6 heteroatoms. The SMILES string of the molecule is COc1cccc(C2CC(=O)N(c3cccc(Cl)c3C)C3=C2C(=O)CC(C)(C)C3)c1OC. The molecule has 1 heterocycles. The molecule has 0 spiro atoms. The van der Waals surface area contributed by atoms with Crippen molar-refractivity contribution in [2.45, 2.75) is 46.0 Å². The van der Waals surface area contributed by atoms with Gasteiger partial charge in [0.05, 0.1) is 19.9 Å². The number of nitrogens with zero attached hydrogens (tertiary/aromatic N) is 1. The lowest BCUT2D eigenvalue weighted by Gasteiger charge is -2.43. The second kappa shape index (κ2) is 8.28. The third-order valence-electron chi connectivity index (χ3n) is 6.43. The molecule has 0 saturated heterocycles. The fourth-order valence-electron chi connectivity index (χ4n) is 4.99. The van der Waals surface area contributed by atoms with Crippen LogP contribution in [0.25, 0.3) is 0 Å². The first kappa shape index (κ1) is 22.4. The van der Waals surface area contributed by atoms with Gasteiger partial charge < -0.3 is 9.47 Å². The number of benzene rings is 2. The Morgan fingerprint density at radius 3 is 2.44 bits per heavy atom. The number of Topliss-reactive ketones (excluding diaryl/α,β-unsaturated/α-hetero) is 1. The lowest BCUT2D eigenvalue weighted by atomic mass is 9.69. The number of ether oxygens (including phenoxy) is 2. The van der Waals surface area contributed by atoms with Crippen molar-refractivity contribution in [3.8, 4) is 11.5 Å². The van der Waals surface area contributed by atoms with Gasteiger partial charge in [0, 0.05) is 40.6 Å². The molecule has 0 aromatic heterocycles. The smallest absolute Gasteiger partial charge is 0.232 e. The molecule has 2 aromatic carbocycles. The molecule has 0 radical (unpaired) electrons. The van der Waals surface area contributed by atoms with E-state index in [4.69, 9.17) is 21.1 Å². The van der Waals surface area contributed by atoms with E-state index in [1.165, 1.54) is 0 Å². The zero-order valence-corrected chi connectivity index (χ0v) is 19.9. The van der Waals surface area contributed by atoms with Gasteiger partial charge in [-0.1, -0.05) is 43.6 Å². The maximum Gasteiger partial charge on any atom is 0.232 e. The van der Waals surface area contributed by atoms with Crippen LogP contribution >= 0.6 is 11.6 Å². The van der Waals surface area contributed by atoms with Crippen LogP contribution in [0, 0.1) is 12.3 Å². The fourth-order valence-corrected chi connectivity index (χ4v) is 5.15. The van der Waals surface area contributed by atoms with Gasteiger partial charge in [0.15, 0.2) is 17.3 Å². The topological polar surface area (TPSA) is 55.8 Å². The molecule has 1 aliphatic carbocycles. The van der Waals surface area contributed by atoms with Gasteiger partial charge in [0.2, 0.25) is 5.91 Å². The highest BCUT2D eigenvalue weighted by molar-refractivity contribution is 6.31. The highest BCUT2D eigenvalue weighted by Gasteiger charge is 2.45. The molecule has 1 aliphatic heterocycles. The number of carbonyl (C=O) groups is 2. The van der Waals surface area contributed by atoms with Gasteiger partial charge in [-0.25, -0.2) is 0 Å². The van der Waals surface area contributed by atoms with Crippen LogP contribution in [0.4, 0.5) is 5.69 Å². The summed E-state index contributed by atoms with van der Waals surface area (Å²) < 4.78 is 11.1. The van der Waals surface area contributed by atoms with E-state index in [-0.39, 0.29) is 29.4 Å². The number of methoxy groups -OCH3 is 2. The molecule has 0 N–H and O–H groups in total. The summed E-state index contributed by atoms with van der Waals surface area (Å²) in [5.41, 5.74) is 3.56. The van der Waals surface area contributed by atoms with Gasteiger partial charge in [-0.2, -0.15) is 0 Å². The van der Waals surface area contributed by atoms with E-state index in [0.717, 1.165) is 22.5 Å². The van der Waals surface area contributed by atoms with Crippen LogP contribution in [0.3, 0.4) is 0 Å². The number of hydrogen-bond acceptors (Lipinski definition) is 4. The van der Waals surface area contributed by atoms with Crippen molar-refractivity contribution in [2.24, 2.45) is 5.41 Å². The molecule has 0 saturated carbocycles. The second-order valence-corrected chi connectivity index (χ2v) is 9.66. The molecular weight excluding hydrogens is 426 g/mol. The molecule has 5 nitrogen and oxygen atoms in total. The first-order valence-corrected chi connectivity index (χ1v) is 11.1. The Balaban J connectivity index is 1.96. The Labute approximate surface area is 194 Å². The maximum absolute atomic E-state index is 13.6. The van der Waals surface area contributed by atoms with Gasteiger partial charge in [-0.05, 0) is 42.5 Å². The molecular formula is C26H28ClNO4. The molecule has 2 aromatic rings. The van der Waals surface area contributed by atoms with Crippen LogP contribution in [0.15, 0.2) is 47.7 Å². The first-order chi connectivity index (χ1) is 15.2. The normalized spacial score (nSPS) is 20.3. The summed E-state index contributed by atoms with van der Waals surface area (Å²) in [5.74, 6) is 0.764. The number of hydrogen-bond donors (Lipinski definition) is 0. The quantitative estimate of drug-likeness (QED) is 0.584. The summed E-state index contributed by atoms with van der Waals surface area (Å²) in [7, 11) is 3.16. The van der Waals surface area contributed by atoms with Crippen molar-refractivity contribution < 1.29 is 19.1 Å². The molecule has 32 heavy (non-hydrogen) atoms. The predicted molar refractivity (Wildman–Crippen MR) is 126 cm³/mol. The molecule has 168 valence electrons. The van der Waals surface area contributed by atoms with Crippen molar-refractivity contribution in [2.75, 3.05) is 19.1 Å². The summed E-state index contributed by atoms with van der Waals surface area (Å²) >= 11 is 6.39. The minimum Gasteiger partial charge on any atom is -0.493 e. The Morgan fingerprint density at radius 2 is 1.75 bits per heavy atom. The minimum absolute atomic E-state index is 0.0607. The second-order valence-electron chi connectivity index (χ2n) is 9.25. The van der Waals surface area contributed by atoms with Crippen LogP contribution in [0.5, 0.6) is 11.5 Å². The maximum atomic E-state index is 13.6. The van der Waals surface area contributed by atoms with Gasteiger partial charge >= 0.3 is 0 Å². The molecule has 0 bridgehead atoms. The highest BCUT2D eigenvalue weighted by Crippen LogP contribution is 2.51. The average molecular weight is 454 g/mol. The van der Waals surface area contributed by atoms with Crippen LogP contribution < -0.4 is 14.4 Å². The zero-order chi connectivity index (χ0) is 23.2. The van der Waals surface area contributed by atoms with Crippen molar-refractivity contribution >= 4 is 29.0 Å². The monoisotopic (exact) mass is 453 g/mol. The van der Waals surface area contributed by atoms with Crippen LogP contribution in [0.2, 0.25) is 5.02 Å². The number of rotatable bonds is 4. The number of anilines is 1. The number of ketones is 1. The molecule has 1 amide bonds. The van der Waals surface area contributed by atoms with E-state index in [1.807, 2.05) is 43.3 Å². The number of para-hydroxylation sites is 1. The van der Waals surface area contributed by atoms with Gasteiger partial charge in [-0.15, -0.1) is 0 Å². The van der Waals surface area contributed by atoms with Crippen molar-refractivity contribution in [1.29, 1.82) is 0 Å². The Kier molecular flexibility index (Phi) is 5.80. The minimum atomic E-state index is -0.387. The van der Waals surface area contributed by atoms with E-state index in [2.05, 4.69) is 13.8 Å². The van der Waals surface area contributed by atoms with E-state index in [9.17, 15) is 9.59 Å². The van der Waals surface area contributed by atoms with Gasteiger partial charge in [0.1, 0.15) is 0 Å². The molecule has 1 unspecified atom stereocenters. The van der Waals surface area contributed by atoms with Crippen LogP contribution in [0.1, 0.15) is 50.2 Å². The standard InChI is InChI=1S/C26H28ClNO4/c1-15-18(27)9-7-10-19(15)28-20-13-26(2,3)14-21(29)24(20)17(12-23(28)30)16-8-6-11-22(31-4)25(16)32-5/h6-11,17H,12-14H2,1-5H3. The lowest BCUT2D eigenvalue weighted by molar-refractivity contribution is -0.121. The summed E-state index contributed by atoms with van der Waals surface area (Å²) in [6.45, 7) is 6.04. The average Bonchev–Trinajstić information content (AvgIpc) is 2.74. The van der Waals surface area contributed by atoms with Crippen molar-refractivity contribution in [1.82, 2.24) is 0 Å². The van der Waals surface area contributed by atoms with Crippen molar-refractivity contribution in [3.05, 3.63) is 63.8 Å². The molecule has 2 aliphatic rings. The third kappa shape index (κ3) is 3.69. The van der Waals surface area contributed by atoms with Crippen LogP contribution in [-0.4, -0.2) is 25.9 Å². The Bertz CT molecular complexity index is 1130. The Morgan fingerprint density at radius 1 is 1.03 bits per heavy atom. The molecule has 0 fully saturated rings. The summed E-state index contributed by atoms with van der Waals surface area (Å²) in [4.78, 5) is 28.9. The molecule has 1 atom stereocenters. The van der Waals surface area contributed by atoms with Crippen molar-refractivity contribution in [3.63, 3.8) is 0 Å². The van der Waals surface area contributed by atoms with E-state index < -0.39 is 0 Å². The van der Waals surface area contributed by atoms with E-state index in [1.54, 1.807) is 19.1 Å². The summed E-state index contributed by atoms with van der Waals surface area (Å²) in [6, 6.07) is 11.1. The first-order valence-electron chi connectivity index (χ1n) is 10.7. The Hall–Kier alpha value is -2.79. The van der Waals surface area contributed by atoms with Crippen LogP contribution in [-0.2, 0) is 9.59 Å². The number of halogens is 1. The largest absolute Gasteiger partial charge is 0.493 e. The van der Waals surface area contributed by atoms with Gasteiger partial charge in [0.25, 0.3) is 0 Å². The van der Waals surface area contributed by atoms with E-state index >= 15 is 0 Å². The number of allylic oxidation sites excluding steroid dienone is 2. The highest BCUT2D eigenvalue weighted by atomic mass is 35.5. The van der Waals surface area contributed by atoms with E-state index in [0.29, 0.717) is 34.9 Å². The zero-order valence-electron chi connectivity index (χ0n) is 19.1. The third-order valence-corrected chi connectivity index (χ3v) is 6.84. The number of carbonyl (C=O) groups excluding carboxylic acids is 2. The summed E-state index contributed by atoms with van der Waals surface area (Å²) in [5, 5.41) is 0.593. The predicted octanol–water partition coefficient (Wildman–Crippen LogP) is 5.83. The number of amides is 1. The fraction of sp³-hybridized carbons (Fsp3) is 0.385. The lowest BCUT2D eigenvalue weighted by Crippen LogP contribution is -2.44. The summed E-state index contributed by atoms with van der Waals surface area (Å²) in [6.07, 6.45) is 1.22. The van der Waals surface area contributed by atoms with Gasteiger partial charge in [-0.3, -0.25) is 14.5 Å².